The van der Waals surface area contributed by atoms with Gasteiger partial charge >= 0.3 is 0 Å². The van der Waals surface area contributed by atoms with Gasteiger partial charge in [-0.3, -0.25) is 4.79 Å². The number of pyridine rings is 1. The van der Waals surface area contributed by atoms with Gasteiger partial charge in [0, 0.05) is 51.5 Å². The molecular formula is C16H23N3O2. The molecule has 1 aromatic heterocycles. The number of hydrogen-bond acceptors (Lipinski definition) is 4. The highest BCUT2D eigenvalue weighted by Crippen LogP contribution is 2.29. The van der Waals surface area contributed by atoms with E-state index in [1.807, 2.05) is 30.0 Å². The van der Waals surface area contributed by atoms with Crippen LogP contribution in [0, 0.1) is 5.92 Å². The van der Waals surface area contributed by atoms with Crippen LogP contribution in [-0.4, -0.2) is 55.7 Å². The van der Waals surface area contributed by atoms with Crippen molar-refractivity contribution in [1.29, 1.82) is 0 Å². The lowest BCUT2D eigenvalue weighted by Crippen LogP contribution is -2.48. The normalized spacial score (nSPS) is 25.3. The maximum atomic E-state index is 12.7. The highest BCUT2D eigenvalue weighted by Gasteiger charge is 2.34. The molecule has 0 bridgehead atoms. The zero-order valence-electron chi connectivity index (χ0n) is 12.8. The van der Waals surface area contributed by atoms with Gasteiger partial charge in [0.1, 0.15) is 5.82 Å². The van der Waals surface area contributed by atoms with Gasteiger partial charge in [-0.05, 0) is 31.4 Å². The van der Waals surface area contributed by atoms with Gasteiger partial charge in [0.25, 0.3) is 5.91 Å². The quantitative estimate of drug-likeness (QED) is 0.832. The summed E-state index contributed by atoms with van der Waals surface area (Å²) in [7, 11) is 3.86. The van der Waals surface area contributed by atoms with Crippen LogP contribution in [0.2, 0.25) is 0 Å². The second-order valence-corrected chi connectivity index (χ2v) is 6.15. The summed E-state index contributed by atoms with van der Waals surface area (Å²) in [6.07, 6.45) is 5.32. The van der Waals surface area contributed by atoms with Crippen molar-refractivity contribution in [2.75, 3.05) is 38.7 Å². The average molecular weight is 289 g/mol. The lowest BCUT2D eigenvalue weighted by Gasteiger charge is -2.41. The summed E-state index contributed by atoms with van der Waals surface area (Å²) in [6, 6.07) is 3.67. The number of amides is 1. The third-order valence-corrected chi connectivity index (χ3v) is 4.45. The molecule has 2 atom stereocenters. The Hall–Kier alpha value is -1.62. The Morgan fingerprint density at radius 3 is 3.10 bits per heavy atom. The average Bonchev–Trinajstić information content (AvgIpc) is 2.53. The van der Waals surface area contributed by atoms with Crippen molar-refractivity contribution in [1.82, 2.24) is 9.88 Å². The number of aromatic nitrogens is 1. The molecule has 2 aliphatic heterocycles. The molecule has 2 unspecified atom stereocenters. The zero-order chi connectivity index (χ0) is 14.8. The van der Waals surface area contributed by atoms with E-state index in [9.17, 15) is 4.79 Å². The van der Waals surface area contributed by atoms with Gasteiger partial charge in [-0.2, -0.15) is 0 Å². The molecule has 0 radical (unpaired) electrons. The number of rotatable bonds is 2. The topological polar surface area (TPSA) is 45.7 Å². The molecule has 5 nitrogen and oxygen atoms in total. The first-order valence-corrected chi connectivity index (χ1v) is 7.69. The van der Waals surface area contributed by atoms with E-state index < -0.39 is 0 Å². The largest absolute Gasteiger partial charge is 0.378 e. The number of fused-ring (bicyclic) bond motifs is 1. The van der Waals surface area contributed by atoms with Gasteiger partial charge in [-0.15, -0.1) is 0 Å². The van der Waals surface area contributed by atoms with Crippen molar-refractivity contribution >= 4 is 11.7 Å². The summed E-state index contributed by atoms with van der Waals surface area (Å²) in [5, 5.41) is 0. The molecule has 2 saturated heterocycles. The summed E-state index contributed by atoms with van der Waals surface area (Å²) in [5.41, 5.74) is 0.726. The molecule has 2 fully saturated rings. The summed E-state index contributed by atoms with van der Waals surface area (Å²) in [6.45, 7) is 2.49. The smallest absolute Gasteiger partial charge is 0.254 e. The fourth-order valence-electron chi connectivity index (χ4n) is 3.25. The number of carbonyl (C=O) groups excluding carboxylic acids is 1. The Kier molecular flexibility index (Phi) is 4.10. The summed E-state index contributed by atoms with van der Waals surface area (Å²) < 4.78 is 5.81. The standard InChI is InChI=1S/C16H23N3O2/c1-18(2)15-10-12(5-7-17-15)16(20)19-8-6-14-13(11-19)4-3-9-21-14/h5,7,10,13-14H,3-4,6,8-9,11H2,1-2H3. The monoisotopic (exact) mass is 289 g/mol. The third kappa shape index (κ3) is 3.02. The van der Waals surface area contributed by atoms with Gasteiger partial charge in [-0.1, -0.05) is 0 Å². The molecule has 1 amide bonds. The van der Waals surface area contributed by atoms with E-state index in [-0.39, 0.29) is 5.91 Å². The van der Waals surface area contributed by atoms with Crippen LogP contribution >= 0.6 is 0 Å². The van der Waals surface area contributed by atoms with E-state index in [4.69, 9.17) is 4.74 Å². The molecular weight excluding hydrogens is 266 g/mol. The number of likely N-dealkylation sites (tertiary alicyclic amines) is 1. The van der Waals surface area contributed by atoms with Crippen LogP contribution in [-0.2, 0) is 4.74 Å². The van der Waals surface area contributed by atoms with E-state index >= 15 is 0 Å². The Bertz CT molecular complexity index is 518. The van der Waals surface area contributed by atoms with Crippen LogP contribution in [0.15, 0.2) is 18.3 Å². The molecule has 0 aromatic carbocycles. The number of carbonyl (C=O) groups is 1. The Morgan fingerprint density at radius 2 is 2.29 bits per heavy atom. The molecule has 0 spiro atoms. The maximum absolute atomic E-state index is 12.7. The lowest BCUT2D eigenvalue weighted by atomic mass is 9.88. The minimum absolute atomic E-state index is 0.115. The third-order valence-electron chi connectivity index (χ3n) is 4.45. The number of piperidine rings is 1. The van der Waals surface area contributed by atoms with Crippen LogP contribution < -0.4 is 4.90 Å². The molecule has 0 N–H and O–H groups in total. The SMILES string of the molecule is CN(C)c1cc(C(=O)N2CCC3OCCCC3C2)ccn1. The zero-order valence-corrected chi connectivity index (χ0v) is 12.8. The van der Waals surface area contributed by atoms with E-state index in [0.717, 1.165) is 43.9 Å². The van der Waals surface area contributed by atoms with Crippen LogP contribution in [0.5, 0.6) is 0 Å². The van der Waals surface area contributed by atoms with Crippen LogP contribution in [0.3, 0.4) is 0 Å². The lowest BCUT2D eigenvalue weighted by molar-refractivity contribution is -0.0606. The predicted octanol–water partition coefficient (Wildman–Crippen LogP) is 1.79. The van der Waals surface area contributed by atoms with Crippen LogP contribution in [0.4, 0.5) is 5.82 Å². The van der Waals surface area contributed by atoms with Gasteiger partial charge in [0.15, 0.2) is 0 Å². The van der Waals surface area contributed by atoms with E-state index in [0.29, 0.717) is 12.0 Å². The minimum Gasteiger partial charge on any atom is -0.378 e. The molecule has 3 heterocycles. The highest BCUT2D eigenvalue weighted by molar-refractivity contribution is 5.94. The molecule has 114 valence electrons. The second kappa shape index (κ2) is 6.02. The second-order valence-electron chi connectivity index (χ2n) is 6.15. The fraction of sp³-hybridized carbons (Fsp3) is 0.625. The van der Waals surface area contributed by atoms with Crippen molar-refractivity contribution in [3.63, 3.8) is 0 Å². The summed E-state index contributed by atoms with van der Waals surface area (Å²) >= 11 is 0. The first-order chi connectivity index (χ1) is 10.1. The number of nitrogens with zero attached hydrogens (tertiary/aromatic N) is 3. The number of anilines is 1. The Labute approximate surface area is 125 Å². The van der Waals surface area contributed by atoms with E-state index in [1.165, 1.54) is 6.42 Å². The van der Waals surface area contributed by atoms with Crippen molar-refractivity contribution < 1.29 is 9.53 Å². The molecule has 0 aliphatic carbocycles. The molecule has 3 rings (SSSR count). The highest BCUT2D eigenvalue weighted by atomic mass is 16.5. The van der Waals surface area contributed by atoms with Crippen molar-refractivity contribution in [2.24, 2.45) is 5.92 Å². The van der Waals surface area contributed by atoms with Gasteiger partial charge < -0.3 is 14.5 Å². The van der Waals surface area contributed by atoms with Crippen molar-refractivity contribution in [3.8, 4) is 0 Å². The molecule has 1 aromatic rings. The predicted molar refractivity (Wildman–Crippen MR) is 81.5 cm³/mol. The van der Waals surface area contributed by atoms with Crippen LogP contribution in [0.1, 0.15) is 29.6 Å². The molecule has 5 heteroatoms. The maximum Gasteiger partial charge on any atom is 0.254 e. The first kappa shape index (κ1) is 14.3. The Morgan fingerprint density at radius 1 is 1.43 bits per heavy atom. The summed E-state index contributed by atoms with van der Waals surface area (Å²) in [5.74, 6) is 1.44. The summed E-state index contributed by atoms with van der Waals surface area (Å²) in [4.78, 5) is 20.8. The van der Waals surface area contributed by atoms with Crippen molar-refractivity contribution in [3.05, 3.63) is 23.9 Å². The fourth-order valence-corrected chi connectivity index (χ4v) is 3.25. The Balaban J connectivity index is 1.72. The van der Waals surface area contributed by atoms with Gasteiger partial charge in [-0.25, -0.2) is 4.98 Å². The minimum atomic E-state index is 0.115. The first-order valence-electron chi connectivity index (χ1n) is 7.69. The number of hydrogen-bond donors (Lipinski definition) is 0. The van der Waals surface area contributed by atoms with Crippen LogP contribution in [0.25, 0.3) is 0 Å². The van der Waals surface area contributed by atoms with E-state index in [1.54, 1.807) is 12.3 Å². The number of ether oxygens (including phenoxy) is 1. The van der Waals surface area contributed by atoms with E-state index in [2.05, 4.69) is 4.98 Å². The van der Waals surface area contributed by atoms with Crippen molar-refractivity contribution in [2.45, 2.75) is 25.4 Å². The van der Waals surface area contributed by atoms with Gasteiger partial charge in [0.2, 0.25) is 0 Å². The van der Waals surface area contributed by atoms with Gasteiger partial charge in [0.05, 0.1) is 6.10 Å². The molecule has 0 saturated carbocycles. The molecule has 2 aliphatic rings. The molecule has 21 heavy (non-hydrogen) atoms.